The minimum absolute atomic E-state index is 0.0656. The van der Waals surface area contributed by atoms with E-state index in [0.29, 0.717) is 28.7 Å². The van der Waals surface area contributed by atoms with Crippen LogP contribution in [-0.2, 0) is 25.7 Å². The van der Waals surface area contributed by atoms with Crippen LogP contribution >= 0.6 is 11.8 Å². The summed E-state index contributed by atoms with van der Waals surface area (Å²) >= 11 is 1.44. The molecule has 1 N–H and O–H groups in total. The van der Waals surface area contributed by atoms with Crippen molar-refractivity contribution in [3.63, 3.8) is 0 Å². The van der Waals surface area contributed by atoms with Gasteiger partial charge in [-0.25, -0.2) is 9.79 Å². The highest BCUT2D eigenvalue weighted by atomic mass is 32.2. The molecule has 0 radical (unpaired) electrons. The number of hydrogen-bond donors (Lipinski definition) is 1. The molecule has 0 bridgehead atoms. The van der Waals surface area contributed by atoms with Crippen molar-refractivity contribution >= 4 is 28.8 Å². The zero-order chi connectivity index (χ0) is 26.5. The third-order valence-corrected chi connectivity index (χ3v) is 7.65. The Balaban J connectivity index is 1.42. The van der Waals surface area contributed by atoms with Gasteiger partial charge in [0.2, 0.25) is 5.91 Å². The molecule has 2 atom stereocenters. The number of esters is 1. The van der Waals surface area contributed by atoms with Crippen LogP contribution in [0, 0.1) is 0 Å². The Labute approximate surface area is 226 Å². The van der Waals surface area contributed by atoms with Crippen LogP contribution in [0.3, 0.4) is 0 Å². The Bertz CT molecular complexity index is 1280. The van der Waals surface area contributed by atoms with Crippen LogP contribution in [0.4, 0.5) is 0 Å². The van der Waals surface area contributed by atoms with Crippen LogP contribution in [0.15, 0.2) is 82.0 Å². The molecule has 0 spiro atoms. The van der Waals surface area contributed by atoms with E-state index in [9.17, 15) is 9.59 Å². The third-order valence-electron chi connectivity index (χ3n) is 6.76. The van der Waals surface area contributed by atoms with E-state index in [2.05, 4.69) is 5.32 Å². The molecule has 1 amide bonds. The Morgan fingerprint density at radius 2 is 1.95 bits per heavy atom. The average molecular weight is 534 g/mol. The largest absolute Gasteiger partial charge is 0.496 e. The topological polar surface area (TPSA) is 89.5 Å². The number of rotatable bonds is 9. The number of allylic oxidation sites excluding steroid dienone is 1. The van der Waals surface area contributed by atoms with E-state index >= 15 is 0 Å². The van der Waals surface area contributed by atoms with E-state index in [1.807, 2.05) is 71.8 Å². The normalized spacial score (nSPS) is 20.5. The van der Waals surface area contributed by atoms with Gasteiger partial charge in [0.25, 0.3) is 0 Å². The maximum atomic E-state index is 13.6. The predicted octanol–water partition coefficient (Wildman–Crippen LogP) is 4.70. The molecule has 0 aromatic heterocycles. The number of carbonyl (C=O) groups is 2. The lowest BCUT2D eigenvalue weighted by Crippen LogP contribution is -2.39. The summed E-state index contributed by atoms with van der Waals surface area (Å²) in [6.07, 6.45) is 2.19. The maximum absolute atomic E-state index is 13.6. The number of carbonyl (C=O) groups excluding carboxylic acids is 2. The number of nitrogens with one attached hydrogen (secondary N) is 1. The van der Waals surface area contributed by atoms with Gasteiger partial charge in [0.1, 0.15) is 12.4 Å². The van der Waals surface area contributed by atoms with Crippen molar-refractivity contribution in [2.45, 2.75) is 44.9 Å². The number of hydrogen-bond acceptors (Lipinski definition) is 8. The highest BCUT2D eigenvalue weighted by Gasteiger charge is 2.42. The third kappa shape index (κ3) is 5.63. The van der Waals surface area contributed by atoms with Crippen molar-refractivity contribution in [3.05, 3.63) is 88.1 Å². The lowest BCUT2D eigenvalue weighted by molar-refractivity contribution is -0.141. The molecule has 1 fully saturated rings. The molecule has 38 heavy (non-hydrogen) atoms. The molecule has 8 nitrogen and oxygen atoms in total. The summed E-state index contributed by atoms with van der Waals surface area (Å²) in [5.74, 6) is 0.0787. The smallest absolute Gasteiger partial charge is 0.338 e. The number of fused-ring (bicyclic) bond motifs is 1. The minimum Gasteiger partial charge on any atom is -0.496 e. The first kappa shape index (κ1) is 26.1. The van der Waals surface area contributed by atoms with Gasteiger partial charge in [-0.05, 0) is 36.8 Å². The van der Waals surface area contributed by atoms with Crippen molar-refractivity contribution < 1.29 is 23.8 Å². The first-order chi connectivity index (χ1) is 18.5. The molecule has 9 heteroatoms. The zero-order valence-electron chi connectivity index (χ0n) is 21.5. The van der Waals surface area contributed by atoms with E-state index in [1.54, 1.807) is 7.11 Å². The van der Waals surface area contributed by atoms with Crippen molar-refractivity contribution in [2.75, 3.05) is 20.3 Å². The Morgan fingerprint density at radius 3 is 2.71 bits per heavy atom. The number of amidine groups is 1. The highest BCUT2D eigenvalue weighted by Crippen LogP contribution is 2.46. The molecular weight excluding hydrogens is 502 g/mol. The van der Waals surface area contributed by atoms with Crippen LogP contribution in [0.1, 0.15) is 43.4 Å². The number of aliphatic imine (C=N–C) groups is 1. The second kappa shape index (κ2) is 11.9. The van der Waals surface area contributed by atoms with Crippen molar-refractivity contribution in [1.29, 1.82) is 0 Å². The van der Waals surface area contributed by atoms with E-state index in [4.69, 9.17) is 19.2 Å². The molecule has 1 saturated heterocycles. The van der Waals surface area contributed by atoms with Gasteiger partial charge in [-0.3, -0.25) is 4.79 Å². The quantitative estimate of drug-likeness (QED) is 0.468. The van der Waals surface area contributed by atoms with Gasteiger partial charge in [0.15, 0.2) is 5.17 Å². The first-order valence-corrected chi connectivity index (χ1v) is 13.6. The summed E-state index contributed by atoms with van der Waals surface area (Å²) in [5, 5.41) is 5.63. The van der Waals surface area contributed by atoms with Gasteiger partial charge in [0.05, 0.1) is 36.9 Å². The van der Waals surface area contributed by atoms with Crippen LogP contribution in [0.25, 0.3) is 0 Å². The van der Waals surface area contributed by atoms with E-state index in [-0.39, 0.29) is 25.0 Å². The van der Waals surface area contributed by atoms with Crippen molar-refractivity contribution in [2.24, 2.45) is 4.99 Å². The molecule has 5 rings (SSSR count). The van der Waals surface area contributed by atoms with E-state index < -0.39 is 12.0 Å². The number of para-hydroxylation sites is 1. The van der Waals surface area contributed by atoms with Crippen LogP contribution in [-0.4, -0.2) is 48.3 Å². The molecule has 2 unspecified atom stereocenters. The van der Waals surface area contributed by atoms with Gasteiger partial charge in [0, 0.05) is 24.4 Å². The van der Waals surface area contributed by atoms with E-state index in [0.717, 1.165) is 36.3 Å². The molecule has 3 heterocycles. The second-order valence-electron chi connectivity index (χ2n) is 9.31. The van der Waals surface area contributed by atoms with Crippen molar-refractivity contribution in [1.82, 2.24) is 10.2 Å². The number of methoxy groups -OCH3 is 1. The van der Waals surface area contributed by atoms with Crippen LogP contribution in [0.2, 0.25) is 0 Å². The average Bonchev–Trinajstić information content (AvgIpc) is 3.60. The summed E-state index contributed by atoms with van der Waals surface area (Å²) in [6, 6.07) is 16.6. The Hall–Kier alpha value is -3.56. The number of amides is 1. The highest BCUT2D eigenvalue weighted by molar-refractivity contribution is 8.16. The summed E-state index contributed by atoms with van der Waals surface area (Å²) in [5.41, 5.74) is 3.45. The monoisotopic (exact) mass is 533 g/mol. The number of benzene rings is 2. The maximum Gasteiger partial charge on any atom is 0.338 e. The lowest BCUT2D eigenvalue weighted by atomic mass is 9.93. The summed E-state index contributed by atoms with van der Waals surface area (Å²) in [4.78, 5) is 33.2. The molecule has 198 valence electrons. The van der Waals surface area contributed by atoms with Crippen molar-refractivity contribution in [3.8, 4) is 5.75 Å². The minimum atomic E-state index is -0.561. The lowest BCUT2D eigenvalue weighted by Gasteiger charge is -2.36. The summed E-state index contributed by atoms with van der Waals surface area (Å²) in [6.45, 7) is 3.20. The predicted molar refractivity (Wildman–Crippen MR) is 146 cm³/mol. The summed E-state index contributed by atoms with van der Waals surface area (Å²) in [7, 11) is 1.61. The first-order valence-electron chi connectivity index (χ1n) is 12.7. The molecular formula is C29H31N3O5S. The Morgan fingerprint density at radius 1 is 1.16 bits per heavy atom. The fraction of sp³-hybridized carbons (Fsp3) is 0.345. The van der Waals surface area contributed by atoms with Gasteiger partial charge < -0.3 is 24.4 Å². The van der Waals surface area contributed by atoms with E-state index in [1.165, 1.54) is 11.8 Å². The molecule has 2 aromatic rings. The molecule has 0 aliphatic carbocycles. The summed E-state index contributed by atoms with van der Waals surface area (Å²) < 4.78 is 17.1. The molecule has 0 saturated carbocycles. The second-order valence-corrected chi connectivity index (χ2v) is 10.1. The fourth-order valence-corrected chi connectivity index (χ4v) is 5.84. The number of nitrogens with zero attached hydrogens (tertiary/aromatic N) is 2. The molecule has 2 aromatic carbocycles. The van der Waals surface area contributed by atoms with Gasteiger partial charge in [-0.1, -0.05) is 60.3 Å². The molecule has 3 aliphatic heterocycles. The molecule has 3 aliphatic rings. The number of ether oxygens (including phenoxy) is 3. The SMILES string of the molecule is COc1ccccc1C1C(C(=O)OCc2ccccc2)=C(C)N=C2SC=C(CC(=O)NCC3CCCO3)N21. The van der Waals surface area contributed by atoms with Crippen LogP contribution in [0.5, 0.6) is 5.75 Å². The fourth-order valence-electron chi connectivity index (χ4n) is 4.88. The standard InChI is InChI=1S/C29H31N3O5S/c1-19-26(28(34)37-17-20-9-4-3-5-10-20)27(23-12-6-7-13-24(23)35-2)32-21(18-38-29(32)31-19)15-25(33)30-16-22-11-8-14-36-22/h3-7,9-10,12-13,18,22,27H,8,11,14-17H2,1-2H3,(H,30,33). The zero-order valence-corrected chi connectivity index (χ0v) is 22.3. The number of thioether (sulfide) groups is 1. The Kier molecular flexibility index (Phi) is 8.14. The van der Waals surface area contributed by atoms with Gasteiger partial charge in [-0.2, -0.15) is 0 Å². The van der Waals surface area contributed by atoms with Crippen LogP contribution < -0.4 is 10.1 Å². The van der Waals surface area contributed by atoms with Gasteiger partial charge in [-0.15, -0.1) is 0 Å². The van der Waals surface area contributed by atoms with Gasteiger partial charge >= 0.3 is 5.97 Å².